The van der Waals surface area contributed by atoms with Crippen LogP contribution in [-0.2, 0) is 5.41 Å². The normalized spacial score (nSPS) is 20.0. The van der Waals surface area contributed by atoms with Crippen LogP contribution in [0.2, 0.25) is 0 Å². The predicted molar refractivity (Wildman–Crippen MR) is 138 cm³/mol. The van der Waals surface area contributed by atoms with E-state index in [1.807, 2.05) is 11.8 Å². The first-order valence-electron chi connectivity index (χ1n) is 11.9. The molecule has 172 valence electrons. The molecule has 2 aromatic carbocycles. The molecule has 2 saturated heterocycles. The highest BCUT2D eigenvalue weighted by Crippen LogP contribution is 2.50. The third kappa shape index (κ3) is 4.33. The van der Waals surface area contributed by atoms with Crippen molar-refractivity contribution >= 4 is 34.5 Å². The van der Waals surface area contributed by atoms with E-state index in [2.05, 4.69) is 90.1 Å². The Bertz CT molecular complexity index is 982. The zero-order valence-corrected chi connectivity index (χ0v) is 21.1. The molecule has 0 atom stereocenters. The van der Waals surface area contributed by atoms with Crippen LogP contribution in [0, 0.1) is 0 Å². The summed E-state index contributed by atoms with van der Waals surface area (Å²) in [6.45, 7) is 15.9. The van der Waals surface area contributed by atoms with E-state index in [4.69, 9.17) is 0 Å². The minimum absolute atomic E-state index is 0.0809. The second-order valence-corrected chi connectivity index (χ2v) is 11.7. The number of hydrogen-bond acceptors (Lipinski definition) is 6. The number of piperazine rings is 2. The van der Waals surface area contributed by atoms with Crippen molar-refractivity contribution in [3.05, 3.63) is 35.9 Å². The molecule has 2 aromatic rings. The van der Waals surface area contributed by atoms with Crippen molar-refractivity contribution < 1.29 is 0 Å². The van der Waals surface area contributed by atoms with Gasteiger partial charge in [0, 0.05) is 73.5 Å². The molecule has 5 rings (SSSR count). The van der Waals surface area contributed by atoms with Crippen molar-refractivity contribution in [2.45, 2.75) is 36.0 Å². The Hall–Kier alpha value is -1.89. The van der Waals surface area contributed by atoms with Crippen LogP contribution < -0.4 is 15.1 Å². The summed E-state index contributed by atoms with van der Waals surface area (Å²) in [7, 11) is 4.44. The molecule has 0 saturated carbocycles. The third-order valence-corrected chi connectivity index (χ3v) is 8.18. The van der Waals surface area contributed by atoms with Gasteiger partial charge in [-0.1, -0.05) is 32.5 Å². The van der Waals surface area contributed by atoms with E-state index < -0.39 is 0 Å². The highest BCUT2D eigenvalue weighted by molar-refractivity contribution is 7.99. The molecule has 3 aliphatic heterocycles. The van der Waals surface area contributed by atoms with Gasteiger partial charge in [0.05, 0.1) is 11.4 Å². The maximum atomic E-state index is 3.82. The summed E-state index contributed by atoms with van der Waals surface area (Å²) in [5.74, 6) is 0. The van der Waals surface area contributed by atoms with Gasteiger partial charge in [-0.15, -0.1) is 0 Å². The lowest BCUT2D eigenvalue weighted by Gasteiger charge is -2.37. The number of hydrogen-bond donors (Lipinski definition) is 1. The fourth-order valence-corrected chi connectivity index (χ4v) is 5.95. The number of benzene rings is 2. The standard InChI is InChI=1S/C26H37N5S/c1-26(2,3)21-16-20(31-14-10-29(5)11-15-31)18-24-25(21)27-22-7-6-19(17-23(22)32-24)30-12-8-28(4)9-13-30/h6-7,16-18,27H,8-15H2,1-5H3. The van der Waals surface area contributed by atoms with Crippen LogP contribution in [0.5, 0.6) is 0 Å². The van der Waals surface area contributed by atoms with E-state index >= 15 is 0 Å². The van der Waals surface area contributed by atoms with Crippen molar-refractivity contribution in [2.24, 2.45) is 0 Å². The van der Waals surface area contributed by atoms with Crippen LogP contribution in [0.1, 0.15) is 26.3 Å². The minimum Gasteiger partial charge on any atom is -0.369 e. The highest BCUT2D eigenvalue weighted by Gasteiger charge is 2.28. The van der Waals surface area contributed by atoms with Gasteiger partial charge in [-0.3, -0.25) is 0 Å². The fraction of sp³-hybridized carbons (Fsp3) is 0.538. The van der Waals surface area contributed by atoms with Crippen LogP contribution >= 0.6 is 11.8 Å². The first-order valence-corrected chi connectivity index (χ1v) is 12.7. The molecular weight excluding hydrogens is 414 g/mol. The highest BCUT2D eigenvalue weighted by atomic mass is 32.2. The summed E-state index contributed by atoms with van der Waals surface area (Å²) in [5.41, 5.74) is 6.73. The molecule has 0 unspecified atom stereocenters. The fourth-order valence-electron chi connectivity index (χ4n) is 4.86. The number of nitrogens with one attached hydrogen (secondary N) is 1. The maximum Gasteiger partial charge on any atom is 0.0565 e. The van der Waals surface area contributed by atoms with Gasteiger partial charge in [-0.25, -0.2) is 0 Å². The van der Waals surface area contributed by atoms with E-state index in [0.29, 0.717) is 0 Å². The second-order valence-electron chi connectivity index (χ2n) is 10.6. The van der Waals surface area contributed by atoms with Crippen molar-refractivity contribution in [2.75, 3.05) is 81.6 Å². The monoisotopic (exact) mass is 451 g/mol. The number of nitrogens with zero attached hydrogens (tertiary/aromatic N) is 4. The maximum absolute atomic E-state index is 3.82. The van der Waals surface area contributed by atoms with Gasteiger partial charge in [0.2, 0.25) is 0 Å². The van der Waals surface area contributed by atoms with Crippen LogP contribution in [0.25, 0.3) is 0 Å². The Kier molecular flexibility index (Phi) is 5.81. The number of anilines is 4. The van der Waals surface area contributed by atoms with E-state index in [1.54, 1.807) is 0 Å². The van der Waals surface area contributed by atoms with Crippen molar-refractivity contribution in [3.63, 3.8) is 0 Å². The molecule has 2 fully saturated rings. The topological polar surface area (TPSA) is 25.0 Å². The largest absolute Gasteiger partial charge is 0.369 e. The average Bonchev–Trinajstić information content (AvgIpc) is 2.77. The zero-order chi connectivity index (χ0) is 22.5. The molecule has 0 bridgehead atoms. The summed E-state index contributed by atoms with van der Waals surface area (Å²) in [4.78, 5) is 12.6. The molecule has 0 amide bonds. The van der Waals surface area contributed by atoms with Crippen molar-refractivity contribution in [1.82, 2.24) is 9.80 Å². The predicted octanol–water partition coefficient (Wildman–Crippen LogP) is 4.70. The lowest BCUT2D eigenvalue weighted by atomic mass is 9.85. The summed E-state index contributed by atoms with van der Waals surface area (Å²) in [6, 6.07) is 11.8. The van der Waals surface area contributed by atoms with Crippen LogP contribution in [0.15, 0.2) is 40.1 Å². The van der Waals surface area contributed by atoms with Gasteiger partial charge in [-0.2, -0.15) is 0 Å². The second kappa shape index (κ2) is 8.47. The van der Waals surface area contributed by atoms with E-state index in [9.17, 15) is 0 Å². The van der Waals surface area contributed by atoms with E-state index in [1.165, 1.54) is 38.1 Å². The van der Waals surface area contributed by atoms with E-state index in [-0.39, 0.29) is 5.41 Å². The molecule has 5 nitrogen and oxygen atoms in total. The van der Waals surface area contributed by atoms with Gasteiger partial charge in [-0.05, 0) is 55.4 Å². The summed E-state index contributed by atoms with van der Waals surface area (Å²) < 4.78 is 0. The number of fused-ring (bicyclic) bond motifs is 2. The lowest BCUT2D eigenvalue weighted by molar-refractivity contribution is 0.313. The molecule has 0 aliphatic carbocycles. The molecule has 3 heterocycles. The summed E-state index contributed by atoms with van der Waals surface area (Å²) >= 11 is 1.93. The van der Waals surface area contributed by atoms with Crippen molar-refractivity contribution in [1.29, 1.82) is 0 Å². The smallest absolute Gasteiger partial charge is 0.0565 e. The zero-order valence-electron chi connectivity index (χ0n) is 20.2. The van der Waals surface area contributed by atoms with Gasteiger partial charge < -0.3 is 24.9 Å². The molecular formula is C26H37N5S. The third-order valence-electron chi connectivity index (χ3n) is 7.08. The van der Waals surface area contributed by atoms with Crippen LogP contribution in [-0.4, -0.2) is 76.3 Å². The van der Waals surface area contributed by atoms with Gasteiger partial charge >= 0.3 is 0 Å². The van der Waals surface area contributed by atoms with Crippen LogP contribution in [0.4, 0.5) is 22.7 Å². The van der Waals surface area contributed by atoms with Crippen LogP contribution in [0.3, 0.4) is 0 Å². The Morgan fingerprint density at radius 1 is 0.719 bits per heavy atom. The first-order chi connectivity index (χ1) is 15.3. The Balaban J connectivity index is 1.47. The van der Waals surface area contributed by atoms with Crippen molar-refractivity contribution in [3.8, 4) is 0 Å². The molecule has 6 heteroatoms. The molecule has 32 heavy (non-hydrogen) atoms. The SMILES string of the molecule is CN1CCN(c2ccc3c(c2)Sc2cc(N4CCN(C)CC4)cc(C(C)(C)C)c2N3)CC1. The Morgan fingerprint density at radius 3 is 1.88 bits per heavy atom. The van der Waals surface area contributed by atoms with Gasteiger partial charge in [0.1, 0.15) is 0 Å². The summed E-state index contributed by atoms with van der Waals surface area (Å²) in [6.07, 6.45) is 0. The molecule has 0 radical (unpaired) electrons. The number of likely N-dealkylation sites (N-methyl/N-ethyl adjacent to an activating group) is 2. The molecule has 3 aliphatic rings. The quantitative estimate of drug-likeness (QED) is 0.607. The lowest BCUT2D eigenvalue weighted by Crippen LogP contribution is -2.44. The Labute approximate surface area is 197 Å². The summed E-state index contributed by atoms with van der Waals surface area (Å²) in [5, 5.41) is 3.82. The Morgan fingerprint density at radius 2 is 1.28 bits per heavy atom. The first kappa shape index (κ1) is 21.9. The molecule has 0 aromatic heterocycles. The molecule has 0 spiro atoms. The van der Waals surface area contributed by atoms with Gasteiger partial charge in [0.25, 0.3) is 0 Å². The average molecular weight is 452 g/mol. The molecule has 1 N–H and O–H groups in total. The van der Waals surface area contributed by atoms with Gasteiger partial charge in [0.15, 0.2) is 0 Å². The number of rotatable bonds is 2. The minimum atomic E-state index is 0.0809. The van der Waals surface area contributed by atoms with E-state index in [0.717, 1.165) is 52.4 Å².